The Morgan fingerprint density at radius 2 is 2.12 bits per heavy atom. The lowest BCUT2D eigenvalue weighted by Gasteiger charge is -2.15. The van der Waals surface area contributed by atoms with Crippen LogP contribution in [-0.2, 0) is 9.59 Å². The van der Waals surface area contributed by atoms with Crippen LogP contribution in [0.3, 0.4) is 0 Å². The van der Waals surface area contributed by atoms with Gasteiger partial charge in [-0.15, -0.1) is 0 Å². The van der Waals surface area contributed by atoms with Crippen LogP contribution in [0.25, 0.3) is 0 Å². The maximum Gasteiger partial charge on any atom is 0.336 e. The van der Waals surface area contributed by atoms with E-state index in [1.54, 1.807) is 0 Å². The first-order valence-corrected chi connectivity index (χ1v) is 4.94. The van der Waals surface area contributed by atoms with E-state index in [2.05, 4.69) is 21.2 Å². The third kappa shape index (κ3) is 1.73. The predicted octanol–water partition coefficient (Wildman–Crippen LogP) is 1.21. The van der Waals surface area contributed by atoms with Crippen LogP contribution in [0.15, 0.2) is 10.5 Å². The summed E-state index contributed by atoms with van der Waals surface area (Å²) < 4.78 is 12.9. The molecule has 0 aromatic heterocycles. The number of amides is 2. The fraction of sp³-hybridized carbons (Fsp3) is 0. The van der Waals surface area contributed by atoms with E-state index in [1.807, 2.05) is 5.32 Å². The summed E-state index contributed by atoms with van der Waals surface area (Å²) >= 11 is 2.69. The molecule has 0 fully saturated rings. The molecule has 87 valence electrons. The minimum atomic E-state index is -1.17. The van der Waals surface area contributed by atoms with Crippen molar-refractivity contribution in [1.82, 2.24) is 5.32 Å². The number of anilines is 1. The van der Waals surface area contributed by atoms with Gasteiger partial charge in [-0.25, -0.2) is 4.39 Å². The van der Waals surface area contributed by atoms with Crippen LogP contribution < -0.4 is 10.6 Å². The molecule has 0 atom stereocenters. The quantitative estimate of drug-likeness (QED) is 0.478. The zero-order valence-corrected chi connectivity index (χ0v) is 9.45. The number of nitrogens with zero attached hydrogens (tertiary/aromatic N) is 2. The van der Waals surface area contributed by atoms with Crippen LogP contribution in [0.4, 0.5) is 21.5 Å². The molecule has 1 aliphatic rings. The molecule has 7 nitrogen and oxygen atoms in total. The van der Waals surface area contributed by atoms with Gasteiger partial charge in [-0.3, -0.25) is 19.7 Å². The number of rotatable bonds is 1. The number of fused-ring (bicyclic) bond motifs is 1. The Bertz CT molecular complexity index is 574. The van der Waals surface area contributed by atoms with Crippen molar-refractivity contribution in [2.24, 2.45) is 0 Å². The second kappa shape index (κ2) is 3.77. The molecule has 0 spiro atoms. The summed E-state index contributed by atoms with van der Waals surface area (Å²) in [6.07, 6.45) is 0. The van der Waals surface area contributed by atoms with Crippen molar-refractivity contribution in [3.05, 3.63) is 26.5 Å². The summed E-state index contributed by atoms with van der Waals surface area (Å²) in [4.78, 5) is 31.9. The molecule has 0 saturated carbocycles. The summed E-state index contributed by atoms with van der Waals surface area (Å²) in [5, 5.41) is 16.0. The molecule has 0 unspecified atom stereocenters. The van der Waals surface area contributed by atoms with E-state index < -0.39 is 32.7 Å². The molecule has 1 radical (unpaired) electrons. The van der Waals surface area contributed by atoms with Gasteiger partial charge in [-0.1, -0.05) is 0 Å². The highest BCUT2D eigenvalue weighted by Gasteiger charge is 2.34. The fourth-order valence-electron chi connectivity index (χ4n) is 1.31. The molecule has 1 aromatic rings. The van der Waals surface area contributed by atoms with Gasteiger partial charge in [0.2, 0.25) is 0 Å². The van der Waals surface area contributed by atoms with Gasteiger partial charge in [0, 0.05) is 6.07 Å². The van der Waals surface area contributed by atoms with Gasteiger partial charge in [0.25, 0.3) is 0 Å². The largest absolute Gasteiger partial charge is 0.336 e. The molecule has 2 amide bonds. The van der Waals surface area contributed by atoms with Gasteiger partial charge in [-0.2, -0.15) is 5.32 Å². The van der Waals surface area contributed by atoms with Gasteiger partial charge < -0.3 is 5.32 Å². The number of carbonyl (C=O) groups excluding carboxylic acids is 2. The Morgan fingerprint density at radius 1 is 1.47 bits per heavy atom. The van der Waals surface area contributed by atoms with E-state index in [4.69, 9.17) is 0 Å². The number of nitro benzene ring substituents is 1. The second-order valence-electron chi connectivity index (χ2n) is 3.05. The minimum Gasteiger partial charge on any atom is -0.315 e. The van der Waals surface area contributed by atoms with Crippen LogP contribution in [0, 0.1) is 15.9 Å². The zero-order chi connectivity index (χ0) is 12.7. The third-order valence-electron chi connectivity index (χ3n) is 2.01. The molecule has 1 aromatic carbocycles. The maximum atomic E-state index is 13.3. The highest BCUT2D eigenvalue weighted by Crippen LogP contribution is 2.42. The molecule has 17 heavy (non-hydrogen) atoms. The maximum absolute atomic E-state index is 13.3. The molecule has 0 aliphatic carbocycles. The van der Waals surface area contributed by atoms with Gasteiger partial charge in [0.1, 0.15) is 10.3 Å². The van der Waals surface area contributed by atoms with Crippen molar-refractivity contribution < 1.29 is 18.9 Å². The van der Waals surface area contributed by atoms with Crippen molar-refractivity contribution in [2.45, 2.75) is 0 Å². The molecular formula is C8H2BrFN3O4. The van der Waals surface area contributed by atoms with Crippen LogP contribution >= 0.6 is 15.9 Å². The SMILES string of the molecule is O=C1[N]c2c(cc(F)c(Br)c2[N+](=O)[O-])NC1=O. The first-order valence-electron chi connectivity index (χ1n) is 4.15. The van der Waals surface area contributed by atoms with Gasteiger partial charge in [-0.05, 0) is 15.9 Å². The number of carbonyl (C=O) groups is 2. The van der Waals surface area contributed by atoms with Crippen LogP contribution in [0.2, 0.25) is 0 Å². The van der Waals surface area contributed by atoms with E-state index >= 15 is 0 Å². The summed E-state index contributed by atoms with van der Waals surface area (Å²) in [6, 6.07) is 0.847. The molecule has 1 N–H and O–H groups in total. The van der Waals surface area contributed by atoms with E-state index in [9.17, 15) is 24.1 Å². The van der Waals surface area contributed by atoms with E-state index in [1.165, 1.54) is 0 Å². The number of hydrogen-bond donors (Lipinski definition) is 1. The predicted molar refractivity (Wildman–Crippen MR) is 56.2 cm³/mol. The van der Waals surface area contributed by atoms with Crippen LogP contribution in [0.1, 0.15) is 0 Å². The lowest BCUT2D eigenvalue weighted by Crippen LogP contribution is -2.33. The number of nitrogens with one attached hydrogen (secondary N) is 1. The van der Waals surface area contributed by atoms with Crippen molar-refractivity contribution in [3.63, 3.8) is 0 Å². The normalized spacial score (nSPS) is 13.8. The number of hydrogen-bond acceptors (Lipinski definition) is 4. The molecule has 2 rings (SSSR count). The number of halogens is 2. The first kappa shape index (κ1) is 11.5. The second-order valence-corrected chi connectivity index (χ2v) is 3.84. The van der Waals surface area contributed by atoms with Gasteiger partial charge >= 0.3 is 17.5 Å². The Kier molecular flexibility index (Phi) is 2.54. The summed E-state index contributed by atoms with van der Waals surface area (Å²) in [5.41, 5.74) is -1.27. The molecule has 1 aliphatic heterocycles. The average molecular weight is 303 g/mol. The third-order valence-corrected chi connectivity index (χ3v) is 2.76. The van der Waals surface area contributed by atoms with Crippen LogP contribution in [0.5, 0.6) is 0 Å². The summed E-state index contributed by atoms with van der Waals surface area (Å²) in [5.74, 6) is -3.16. The van der Waals surface area contributed by atoms with E-state index in [0.29, 0.717) is 0 Å². The van der Waals surface area contributed by atoms with E-state index in [-0.39, 0.29) is 11.4 Å². The monoisotopic (exact) mass is 302 g/mol. The molecular weight excluding hydrogens is 301 g/mol. The van der Waals surface area contributed by atoms with E-state index in [0.717, 1.165) is 6.07 Å². The minimum absolute atomic E-state index is 0.206. The highest BCUT2D eigenvalue weighted by molar-refractivity contribution is 9.10. The molecule has 0 saturated heterocycles. The van der Waals surface area contributed by atoms with Gasteiger partial charge in [0.15, 0.2) is 5.69 Å². The van der Waals surface area contributed by atoms with Crippen molar-refractivity contribution in [1.29, 1.82) is 0 Å². The average Bonchev–Trinajstić information content (AvgIpc) is 2.23. The standard InChI is InChI=1S/C8H2BrFN3O4/c9-4-2(10)1-3-5(6(4)13(16)17)12-8(15)7(14)11-3/h1H,(H,11,14). The van der Waals surface area contributed by atoms with Crippen LogP contribution in [-0.4, -0.2) is 16.7 Å². The van der Waals surface area contributed by atoms with Gasteiger partial charge in [0.05, 0.1) is 10.6 Å². The fourth-order valence-corrected chi connectivity index (χ4v) is 1.75. The van der Waals surface area contributed by atoms with Crippen molar-refractivity contribution >= 4 is 44.8 Å². The lowest BCUT2D eigenvalue weighted by molar-refractivity contribution is -0.385. The lowest BCUT2D eigenvalue weighted by atomic mass is 10.2. The highest BCUT2D eigenvalue weighted by atomic mass is 79.9. The molecule has 0 bridgehead atoms. The summed E-state index contributed by atoms with van der Waals surface area (Å²) in [7, 11) is 0. The number of benzene rings is 1. The molecule has 1 heterocycles. The number of nitro groups is 1. The zero-order valence-electron chi connectivity index (χ0n) is 7.86. The Labute approximate surface area is 101 Å². The topological polar surface area (TPSA) is 103 Å². The van der Waals surface area contributed by atoms with Crippen molar-refractivity contribution in [2.75, 3.05) is 5.32 Å². The Balaban J connectivity index is 2.72. The Hall–Kier alpha value is -2.03. The smallest absolute Gasteiger partial charge is 0.315 e. The summed E-state index contributed by atoms with van der Waals surface area (Å²) in [6.45, 7) is 0. The Morgan fingerprint density at radius 3 is 2.71 bits per heavy atom. The first-order chi connectivity index (χ1) is 7.91. The molecule has 9 heteroatoms. The van der Waals surface area contributed by atoms with Crippen molar-refractivity contribution in [3.8, 4) is 0 Å².